The SMILES string of the molecule is COC(=O)COC1(c2ccc(OCc3cccc(-c4ccc(OCC5CCOCC5)cc4Cl)c3)cc2)COC1. The first-order chi connectivity index (χ1) is 19.0. The van der Waals surface area contributed by atoms with Crippen LogP contribution in [0.2, 0.25) is 5.02 Å². The van der Waals surface area contributed by atoms with Crippen LogP contribution >= 0.6 is 11.6 Å². The van der Waals surface area contributed by atoms with E-state index in [-0.39, 0.29) is 6.61 Å². The van der Waals surface area contributed by atoms with Crippen LogP contribution in [0.15, 0.2) is 66.7 Å². The molecule has 2 heterocycles. The first-order valence-electron chi connectivity index (χ1n) is 13.2. The molecular weight excluding hydrogens is 520 g/mol. The number of ether oxygens (including phenoxy) is 6. The van der Waals surface area contributed by atoms with Crippen molar-refractivity contribution in [3.63, 3.8) is 0 Å². The highest BCUT2D eigenvalue weighted by Crippen LogP contribution is 2.35. The molecule has 0 spiro atoms. The van der Waals surface area contributed by atoms with Crippen LogP contribution in [-0.4, -0.2) is 52.7 Å². The van der Waals surface area contributed by atoms with Gasteiger partial charge >= 0.3 is 5.97 Å². The lowest BCUT2D eigenvalue weighted by Crippen LogP contribution is -2.49. The average Bonchev–Trinajstić information content (AvgIpc) is 2.95. The van der Waals surface area contributed by atoms with E-state index in [2.05, 4.69) is 10.8 Å². The molecule has 0 unspecified atom stereocenters. The Morgan fingerprint density at radius 3 is 2.41 bits per heavy atom. The molecule has 39 heavy (non-hydrogen) atoms. The van der Waals surface area contributed by atoms with Crippen molar-refractivity contribution >= 4 is 17.6 Å². The summed E-state index contributed by atoms with van der Waals surface area (Å²) in [5.41, 5.74) is 3.29. The Morgan fingerprint density at radius 2 is 1.72 bits per heavy atom. The molecule has 2 fully saturated rings. The molecule has 2 aliphatic rings. The van der Waals surface area contributed by atoms with Crippen molar-refractivity contribution in [2.75, 3.05) is 46.8 Å². The number of hydrogen-bond donors (Lipinski definition) is 0. The van der Waals surface area contributed by atoms with Crippen molar-refractivity contribution in [1.29, 1.82) is 0 Å². The number of carbonyl (C=O) groups is 1. The zero-order valence-electron chi connectivity index (χ0n) is 22.0. The van der Waals surface area contributed by atoms with Gasteiger partial charge in [0.05, 0.1) is 32.0 Å². The van der Waals surface area contributed by atoms with Gasteiger partial charge in [0.25, 0.3) is 0 Å². The number of halogens is 1. The molecule has 0 N–H and O–H groups in total. The van der Waals surface area contributed by atoms with Crippen molar-refractivity contribution in [2.24, 2.45) is 5.92 Å². The molecule has 206 valence electrons. The van der Waals surface area contributed by atoms with Gasteiger partial charge in [-0.3, -0.25) is 0 Å². The fraction of sp³-hybridized carbons (Fsp3) is 0.387. The third kappa shape index (κ3) is 6.92. The maximum Gasteiger partial charge on any atom is 0.331 e. The van der Waals surface area contributed by atoms with Gasteiger partial charge in [0, 0.05) is 18.8 Å². The van der Waals surface area contributed by atoms with Crippen LogP contribution in [0.3, 0.4) is 0 Å². The number of rotatable bonds is 11. The first-order valence-corrected chi connectivity index (χ1v) is 13.5. The van der Waals surface area contributed by atoms with E-state index < -0.39 is 11.6 Å². The topological polar surface area (TPSA) is 72.5 Å². The maximum absolute atomic E-state index is 11.5. The van der Waals surface area contributed by atoms with Crippen molar-refractivity contribution in [1.82, 2.24) is 0 Å². The van der Waals surface area contributed by atoms with Crippen LogP contribution < -0.4 is 9.47 Å². The number of carbonyl (C=O) groups excluding carboxylic acids is 1. The van der Waals surface area contributed by atoms with Gasteiger partial charge < -0.3 is 28.4 Å². The van der Waals surface area contributed by atoms with Gasteiger partial charge in [0.1, 0.15) is 30.3 Å². The van der Waals surface area contributed by atoms with Crippen molar-refractivity contribution in [3.8, 4) is 22.6 Å². The molecule has 2 aliphatic heterocycles. The van der Waals surface area contributed by atoms with Gasteiger partial charge in [0.15, 0.2) is 0 Å². The van der Waals surface area contributed by atoms with E-state index in [1.807, 2.05) is 60.7 Å². The first kappa shape index (κ1) is 27.5. The molecule has 0 amide bonds. The van der Waals surface area contributed by atoms with Gasteiger partial charge in [-0.2, -0.15) is 0 Å². The van der Waals surface area contributed by atoms with Crippen LogP contribution in [0.5, 0.6) is 11.5 Å². The minimum atomic E-state index is -0.633. The van der Waals surface area contributed by atoms with Gasteiger partial charge in [-0.05, 0) is 71.8 Å². The summed E-state index contributed by atoms with van der Waals surface area (Å²) in [4.78, 5) is 11.5. The van der Waals surface area contributed by atoms with E-state index in [1.165, 1.54) is 7.11 Å². The lowest BCUT2D eigenvalue weighted by atomic mass is 9.91. The van der Waals surface area contributed by atoms with E-state index in [0.717, 1.165) is 59.8 Å². The standard InChI is InChI=1S/C31H33ClO7/c1-34-30(33)19-39-31(20-36-21-31)25-5-7-26(8-6-25)37-18-23-3-2-4-24(15-23)28-10-9-27(16-29(28)32)38-17-22-11-13-35-14-12-22/h2-10,15-16,22H,11-14,17-21H2,1H3. The fourth-order valence-electron chi connectivity index (χ4n) is 4.67. The summed E-state index contributed by atoms with van der Waals surface area (Å²) in [5.74, 6) is 1.62. The predicted molar refractivity (Wildman–Crippen MR) is 147 cm³/mol. The monoisotopic (exact) mass is 552 g/mol. The van der Waals surface area contributed by atoms with Crippen LogP contribution in [0.4, 0.5) is 0 Å². The quantitative estimate of drug-likeness (QED) is 0.278. The van der Waals surface area contributed by atoms with Crippen LogP contribution in [0.25, 0.3) is 11.1 Å². The molecule has 0 radical (unpaired) electrons. The summed E-state index contributed by atoms with van der Waals surface area (Å²) in [6.45, 7) is 3.37. The molecule has 8 heteroatoms. The van der Waals surface area contributed by atoms with Crippen molar-refractivity contribution in [2.45, 2.75) is 25.0 Å². The number of hydrogen-bond acceptors (Lipinski definition) is 7. The van der Waals surface area contributed by atoms with Crippen LogP contribution in [0.1, 0.15) is 24.0 Å². The highest BCUT2D eigenvalue weighted by molar-refractivity contribution is 6.33. The fourth-order valence-corrected chi connectivity index (χ4v) is 4.95. The second-order valence-electron chi connectivity index (χ2n) is 9.87. The minimum absolute atomic E-state index is 0.121. The molecule has 3 aromatic carbocycles. The maximum atomic E-state index is 11.5. The molecule has 5 rings (SSSR count). The van der Waals surface area contributed by atoms with E-state index in [9.17, 15) is 4.79 Å². The normalized spacial score (nSPS) is 16.8. The molecule has 3 aromatic rings. The number of benzene rings is 3. The van der Waals surface area contributed by atoms with Gasteiger partial charge in [-0.15, -0.1) is 0 Å². The van der Waals surface area contributed by atoms with Gasteiger partial charge in [-0.1, -0.05) is 41.9 Å². The third-order valence-corrected chi connectivity index (χ3v) is 7.47. The highest BCUT2D eigenvalue weighted by Gasteiger charge is 2.42. The zero-order chi connectivity index (χ0) is 27.1. The van der Waals surface area contributed by atoms with Crippen LogP contribution in [-0.2, 0) is 35.9 Å². The summed E-state index contributed by atoms with van der Waals surface area (Å²) in [6, 6.07) is 21.7. The Morgan fingerprint density at radius 1 is 0.949 bits per heavy atom. The van der Waals surface area contributed by atoms with E-state index in [4.69, 9.17) is 35.3 Å². The second-order valence-corrected chi connectivity index (χ2v) is 10.3. The highest BCUT2D eigenvalue weighted by atomic mass is 35.5. The summed E-state index contributed by atoms with van der Waals surface area (Å²) in [7, 11) is 1.34. The molecule has 0 saturated carbocycles. The molecule has 0 atom stereocenters. The summed E-state index contributed by atoms with van der Waals surface area (Å²) >= 11 is 6.65. The molecular formula is C31H33ClO7. The molecule has 7 nitrogen and oxygen atoms in total. The second kappa shape index (κ2) is 12.8. The Labute approximate surface area is 233 Å². The largest absolute Gasteiger partial charge is 0.493 e. The van der Waals surface area contributed by atoms with Crippen molar-refractivity contribution in [3.05, 3.63) is 82.9 Å². The third-order valence-electron chi connectivity index (χ3n) is 7.16. The lowest BCUT2D eigenvalue weighted by molar-refractivity contribution is -0.220. The predicted octanol–water partition coefficient (Wildman–Crippen LogP) is 5.81. The summed E-state index contributed by atoms with van der Waals surface area (Å²) < 4.78 is 33.3. The van der Waals surface area contributed by atoms with E-state index in [0.29, 0.717) is 37.4 Å². The Kier molecular flexibility index (Phi) is 9.04. The van der Waals surface area contributed by atoms with Crippen molar-refractivity contribution < 1.29 is 33.2 Å². The Balaban J connectivity index is 1.18. The van der Waals surface area contributed by atoms with E-state index >= 15 is 0 Å². The number of esters is 1. The Hall–Kier alpha value is -3.10. The van der Waals surface area contributed by atoms with Gasteiger partial charge in [-0.25, -0.2) is 4.79 Å². The van der Waals surface area contributed by atoms with Crippen LogP contribution in [0, 0.1) is 5.92 Å². The molecule has 2 saturated heterocycles. The Bertz CT molecular complexity index is 1250. The zero-order valence-corrected chi connectivity index (χ0v) is 22.8. The minimum Gasteiger partial charge on any atom is -0.493 e. The number of methoxy groups -OCH3 is 1. The molecule has 0 aromatic heterocycles. The average molecular weight is 553 g/mol. The molecule has 0 bridgehead atoms. The van der Waals surface area contributed by atoms with E-state index in [1.54, 1.807) is 0 Å². The molecule has 0 aliphatic carbocycles. The smallest absolute Gasteiger partial charge is 0.331 e. The lowest BCUT2D eigenvalue weighted by Gasteiger charge is -2.41. The summed E-state index contributed by atoms with van der Waals surface area (Å²) in [6.07, 6.45) is 2.07. The van der Waals surface area contributed by atoms with Gasteiger partial charge in [0.2, 0.25) is 0 Å². The summed E-state index contributed by atoms with van der Waals surface area (Å²) in [5, 5.41) is 0.649.